The molecule has 7 heteroatoms. The molecule has 0 aromatic heterocycles. The van der Waals surface area contributed by atoms with Gasteiger partial charge >= 0.3 is 6.03 Å². The molecule has 0 radical (unpaired) electrons. The van der Waals surface area contributed by atoms with E-state index in [9.17, 15) is 18.8 Å². The van der Waals surface area contributed by atoms with Crippen molar-refractivity contribution in [1.29, 1.82) is 0 Å². The van der Waals surface area contributed by atoms with E-state index in [2.05, 4.69) is 5.32 Å². The maximum absolute atomic E-state index is 13.9. The van der Waals surface area contributed by atoms with E-state index >= 15 is 0 Å². The van der Waals surface area contributed by atoms with Gasteiger partial charge in [-0.1, -0.05) is 54.6 Å². The topological polar surface area (TPSA) is 75.7 Å². The van der Waals surface area contributed by atoms with Crippen LogP contribution in [0, 0.1) is 5.82 Å². The van der Waals surface area contributed by atoms with E-state index in [0.717, 1.165) is 4.90 Å². The van der Waals surface area contributed by atoms with Gasteiger partial charge in [0.1, 0.15) is 23.7 Å². The van der Waals surface area contributed by atoms with Gasteiger partial charge in [0.2, 0.25) is 0 Å². The summed E-state index contributed by atoms with van der Waals surface area (Å²) in [6, 6.07) is 20.5. The van der Waals surface area contributed by atoms with Crippen molar-refractivity contribution in [3.05, 3.63) is 101 Å². The Balaban J connectivity index is 1.64. The summed E-state index contributed by atoms with van der Waals surface area (Å²) in [4.78, 5) is 38.5. The number of hydrogen-bond acceptors (Lipinski definition) is 4. The Morgan fingerprint density at radius 3 is 2.32 bits per heavy atom. The molecule has 4 amide bonds. The number of nitrogens with zero attached hydrogens (tertiary/aromatic N) is 1. The van der Waals surface area contributed by atoms with Gasteiger partial charge in [0.25, 0.3) is 11.8 Å². The fourth-order valence-electron chi connectivity index (χ4n) is 3.13. The van der Waals surface area contributed by atoms with Crippen LogP contribution >= 0.6 is 0 Å². The van der Waals surface area contributed by atoms with Crippen LogP contribution in [0.1, 0.15) is 11.1 Å². The summed E-state index contributed by atoms with van der Waals surface area (Å²) in [5, 5.41) is 2.18. The van der Waals surface area contributed by atoms with Crippen molar-refractivity contribution in [2.45, 2.75) is 6.61 Å². The van der Waals surface area contributed by atoms with Crippen molar-refractivity contribution >= 4 is 29.6 Å². The van der Waals surface area contributed by atoms with E-state index in [1.165, 1.54) is 12.1 Å². The van der Waals surface area contributed by atoms with Crippen molar-refractivity contribution < 1.29 is 23.5 Å². The minimum Gasteiger partial charge on any atom is -0.488 e. The molecule has 4 rings (SSSR count). The summed E-state index contributed by atoms with van der Waals surface area (Å²) < 4.78 is 19.6. The highest BCUT2D eigenvalue weighted by molar-refractivity contribution is 6.39. The molecule has 3 aromatic rings. The van der Waals surface area contributed by atoms with Gasteiger partial charge in [0.15, 0.2) is 0 Å². The molecule has 0 aliphatic carbocycles. The van der Waals surface area contributed by atoms with Crippen molar-refractivity contribution in [2.75, 3.05) is 4.90 Å². The van der Waals surface area contributed by atoms with Gasteiger partial charge in [0.05, 0.1) is 5.69 Å². The average molecular weight is 416 g/mol. The zero-order chi connectivity index (χ0) is 21.8. The van der Waals surface area contributed by atoms with E-state index in [1.54, 1.807) is 72.8 Å². The maximum atomic E-state index is 13.9. The summed E-state index contributed by atoms with van der Waals surface area (Å²) >= 11 is 0. The highest BCUT2D eigenvalue weighted by Gasteiger charge is 2.36. The van der Waals surface area contributed by atoms with E-state index in [0.29, 0.717) is 22.6 Å². The Morgan fingerprint density at radius 1 is 0.871 bits per heavy atom. The molecule has 0 unspecified atom stereocenters. The number of anilines is 1. The van der Waals surface area contributed by atoms with Gasteiger partial charge in [-0.2, -0.15) is 0 Å². The van der Waals surface area contributed by atoms with Gasteiger partial charge in [0, 0.05) is 11.1 Å². The van der Waals surface area contributed by atoms with Gasteiger partial charge < -0.3 is 4.74 Å². The molecule has 0 spiro atoms. The first-order chi connectivity index (χ1) is 15.0. The van der Waals surface area contributed by atoms with Gasteiger partial charge in [-0.3, -0.25) is 14.9 Å². The molecule has 3 aromatic carbocycles. The number of urea groups is 1. The van der Waals surface area contributed by atoms with Crippen molar-refractivity contribution in [3.63, 3.8) is 0 Å². The largest absolute Gasteiger partial charge is 0.488 e. The fraction of sp³-hybridized carbons (Fsp3) is 0.0417. The molecule has 6 nitrogen and oxygen atoms in total. The second-order valence-electron chi connectivity index (χ2n) is 6.71. The number of barbiturate groups is 1. The standard InChI is InChI=1S/C24H17FN2O4/c25-20-12-6-4-9-17(20)15-31-21-13-7-5-8-16(21)14-19-22(28)26-24(30)27(23(19)29)18-10-2-1-3-11-18/h1-14H,15H2,(H,26,28,30)/b19-14-. The van der Waals surface area contributed by atoms with Crippen LogP contribution in [0.2, 0.25) is 0 Å². The molecule has 1 aliphatic heterocycles. The van der Waals surface area contributed by atoms with Crippen LogP contribution < -0.4 is 15.0 Å². The molecule has 1 N–H and O–H groups in total. The van der Waals surface area contributed by atoms with Crippen LogP contribution in [0.25, 0.3) is 6.08 Å². The number of carbonyl (C=O) groups excluding carboxylic acids is 3. The number of hydrogen-bond donors (Lipinski definition) is 1. The Kier molecular flexibility index (Phi) is 5.57. The molecular weight excluding hydrogens is 399 g/mol. The summed E-state index contributed by atoms with van der Waals surface area (Å²) in [6.07, 6.45) is 1.36. The summed E-state index contributed by atoms with van der Waals surface area (Å²) in [6.45, 7) is -0.0262. The Labute approximate surface area is 177 Å². The van der Waals surface area contributed by atoms with Crippen LogP contribution in [0.4, 0.5) is 14.9 Å². The maximum Gasteiger partial charge on any atom is 0.335 e. The third kappa shape index (κ3) is 4.20. The molecule has 31 heavy (non-hydrogen) atoms. The lowest BCUT2D eigenvalue weighted by atomic mass is 10.1. The number of rotatable bonds is 5. The molecule has 1 fully saturated rings. The van der Waals surface area contributed by atoms with E-state index in [-0.39, 0.29) is 12.2 Å². The highest BCUT2D eigenvalue weighted by atomic mass is 19.1. The predicted octanol–water partition coefficient (Wildman–Crippen LogP) is 4.07. The number of para-hydroxylation sites is 2. The quantitative estimate of drug-likeness (QED) is 0.503. The van der Waals surface area contributed by atoms with E-state index in [1.807, 2.05) is 0 Å². The minimum absolute atomic E-state index is 0.0262. The van der Waals surface area contributed by atoms with Gasteiger partial charge in [-0.15, -0.1) is 0 Å². The third-order valence-corrected chi connectivity index (χ3v) is 4.68. The highest BCUT2D eigenvalue weighted by Crippen LogP contribution is 2.26. The zero-order valence-electron chi connectivity index (χ0n) is 16.2. The number of benzene rings is 3. The number of amides is 4. The molecule has 1 heterocycles. The monoisotopic (exact) mass is 416 g/mol. The first-order valence-electron chi connectivity index (χ1n) is 9.46. The lowest BCUT2D eigenvalue weighted by Crippen LogP contribution is -2.54. The Bertz CT molecular complexity index is 1190. The number of ether oxygens (including phenoxy) is 1. The molecule has 154 valence electrons. The van der Waals surface area contributed by atoms with Crippen molar-refractivity contribution in [2.24, 2.45) is 0 Å². The lowest BCUT2D eigenvalue weighted by molar-refractivity contribution is -0.122. The Hall–Kier alpha value is -4.26. The third-order valence-electron chi connectivity index (χ3n) is 4.68. The molecule has 0 saturated carbocycles. The zero-order valence-corrected chi connectivity index (χ0v) is 16.2. The van der Waals surface area contributed by atoms with Crippen molar-refractivity contribution in [1.82, 2.24) is 5.32 Å². The summed E-state index contributed by atoms with van der Waals surface area (Å²) in [5.74, 6) is -1.57. The van der Waals surface area contributed by atoms with Gasteiger partial charge in [-0.05, 0) is 30.3 Å². The molecule has 1 aliphatic rings. The van der Waals surface area contributed by atoms with Crippen LogP contribution in [-0.4, -0.2) is 17.8 Å². The molecule has 1 saturated heterocycles. The lowest BCUT2D eigenvalue weighted by Gasteiger charge is -2.26. The molecular formula is C24H17FN2O4. The Morgan fingerprint density at radius 2 is 1.55 bits per heavy atom. The van der Waals surface area contributed by atoms with Crippen LogP contribution in [0.15, 0.2) is 84.4 Å². The number of carbonyl (C=O) groups is 3. The van der Waals surface area contributed by atoms with Crippen LogP contribution in [0.3, 0.4) is 0 Å². The first kappa shape index (κ1) is 20.0. The fourth-order valence-corrected chi connectivity index (χ4v) is 3.13. The van der Waals surface area contributed by atoms with Crippen LogP contribution in [0.5, 0.6) is 5.75 Å². The van der Waals surface area contributed by atoms with E-state index in [4.69, 9.17) is 4.74 Å². The molecule has 0 bridgehead atoms. The second-order valence-corrected chi connectivity index (χ2v) is 6.71. The second kappa shape index (κ2) is 8.62. The van der Waals surface area contributed by atoms with Gasteiger partial charge in [-0.25, -0.2) is 14.1 Å². The number of imide groups is 2. The van der Waals surface area contributed by atoms with E-state index < -0.39 is 23.7 Å². The normalized spacial score (nSPS) is 15.2. The predicted molar refractivity (Wildman–Crippen MR) is 113 cm³/mol. The first-order valence-corrected chi connectivity index (χ1v) is 9.46. The summed E-state index contributed by atoms with van der Waals surface area (Å²) in [5.41, 5.74) is 0.940. The smallest absolute Gasteiger partial charge is 0.335 e. The SMILES string of the molecule is O=C1NC(=O)N(c2ccccc2)C(=O)/C1=C\c1ccccc1OCc1ccccc1F. The van der Waals surface area contributed by atoms with Crippen molar-refractivity contribution in [3.8, 4) is 5.75 Å². The van der Waals surface area contributed by atoms with Crippen LogP contribution in [-0.2, 0) is 16.2 Å². The summed E-state index contributed by atoms with van der Waals surface area (Å²) in [7, 11) is 0. The average Bonchev–Trinajstić information content (AvgIpc) is 2.77. The minimum atomic E-state index is -0.817. The molecule has 0 atom stereocenters. The number of nitrogens with one attached hydrogen (secondary N) is 1. The number of halogens is 1.